The minimum atomic E-state index is -0.818. The quantitative estimate of drug-likeness (QED) is 0.628. The molecule has 0 bridgehead atoms. The number of ketones is 1. The smallest absolute Gasteiger partial charge is 0.186 e. The van der Waals surface area contributed by atoms with Gasteiger partial charge in [0.25, 0.3) is 0 Å². The Balaban J connectivity index is 2.32. The average Bonchev–Trinajstić information content (AvgIpc) is 2.78. The van der Waals surface area contributed by atoms with Gasteiger partial charge in [0.15, 0.2) is 11.7 Å². The molecule has 1 unspecified atom stereocenters. The lowest BCUT2D eigenvalue weighted by atomic mass is 9.97. The minimum absolute atomic E-state index is 0.189. The van der Waals surface area contributed by atoms with E-state index in [4.69, 9.17) is 5.26 Å². The van der Waals surface area contributed by atoms with E-state index in [0.717, 1.165) is 2.88 Å². The van der Waals surface area contributed by atoms with Crippen LogP contribution in [0.4, 0.5) is 0 Å². The first-order valence-electron chi connectivity index (χ1n) is 4.81. The van der Waals surface area contributed by atoms with E-state index < -0.39 is 5.92 Å². The van der Waals surface area contributed by atoms with E-state index in [0.29, 0.717) is 11.3 Å². The Hall–Kier alpha value is -1.26. The van der Waals surface area contributed by atoms with Crippen LogP contribution in [0.3, 0.4) is 0 Å². The van der Waals surface area contributed by atoms with Crippen LogP contribution in [-0.4, -0.2) is 10.8 Å². The molecule has 2 rings (SSSR count). The third-order valence-corrected chi connectivity index (χ3v) is 4.02. The Morgan fingerprint density at radius 2 is 2.35 bits per heavy atom. The van der Waals surface area contributed by atoms with Crippen LogP contribution in [0.5, 0.6) is 0 Å². The molecular weight excluding hydrogens is 347 g/mol. The maximum Gasteiger partial charge on any atom is 0.186 e. The highest BCUT2D eigenvalue weighted by Gasteiger charge is 2.23. The van der Waals surface area contributed by atoms with E-state index in [1.54, 1.807) is 35.8 Å². The number of rotatable bonds is 3. The van der Waals surface area contributed by atoms with Crippen LogP contribution in [0.1, 0.15) is 22.0 Å². The lowest BCUT2D eigenvalue weighted by Crippen LogP contribution is -2.11. The summed E-state index contributed by atoms with van der Waals surface area (Å²) in [6, 6.07) is 9.04. The third kappa shape index (κ3) is 2.70. The molecule has 0 spiro atoms. The number of pyridine rings is 1. The highest BCUT2D eigenvalue weighted by atomic mass is 127. The average molecular weight is 354 g/mol. The van der Waals surface area contributed by atoms with Gasteiger partial charge in [-0.2, -0.15) is 5.26 Å². The van der Waals surface area contributed by atoms with Gasteiger partial charge in [0, 0.05) is 17.1 Å². The van der Waals surface area contributed by atoms with Crippen LogP contribution in [0.15, 0.2) is 35.8 Å². The van der Waals surface area contributed by atoms with Gasteiger partial charge in [0.05, 0.1) is 14.6 Å². The van der Waals surface area contributed by atoms with Gasteiger partial charge in [0.1, 0.15) is 0 Å². The number of hydrogen-bond acceptors (Lipinski definition) is 4. The molecule has 0 aliphatic heterocycles. The van der Waals surface area contributed by atoms with Crippen molar-refractivity contribution in [3.63, 3.8) is 0 Å². The van der Waals surface area contributed by atoms with E-state index in [1.165, 1.54) is 11.3 Å². The van der Waals surface area contributed by atoms with E-state index in [9.17, 15) is 4.79 Å². The van der Waals surface area contributed by atoms with Crippen molar-refractivity contribution in [3.05, 3.63) is 50.0 Å². The Labute approximate surface area is 116 Å². The number of halogens is 1. The largest absolute Gasteiger partial charge is 0.292 e. The Bertz CT molecular complexity index is 574. The molecule has 2 aromatic rings. The second kappa shape index (κ2) is 5.38. The van der Waals surface area contributed by atoms with Gasteiger partial charge >= 0.3 is 0 Å². The molecule has 2 heterocycles. The summed E-state index contributed by atoms with van der Waals surface area (Å²) < 4.78 is 1.03. The van der Waals surface area contributed by atoms with Crippen molar-refractivity contribution in [2.45, 2.75) is 5.92 Å². The number of nitriles is 1. The summed E-state index contributed by atoms with van der Waals surface area (Å²) >= 11 is 3.64. The molecule has 5 heteroatoms. The Morgan fingerprint density at radius 1 is 1.53 bits per heavy atom. The molecule has 2 aromatic heterocycles. The molecule has 0 saturated carbocycles. The van der Waals surface area contributed by atoms with E-state index in [1.807, 2.05) is 6.07 Å². The summed E-state index contributed by atoms with van der Waals surface area (Å²) in [6.45, 7) is 0. The van der Waals surface area contributed by atoms with Gasteiger partial charge in [-0.3, -0.25) is 9.78 Å². The molecule has 0 aliphatic rings. The van der Waals surface area contributed by atoms with Crippen molar-refractivity contribution >= 4 is 39.7 Å². The second-order valence-corrected chi connectivity index (χ2v) is 6.13. The number of hydrogen-bond donors (Lipinski definition) is 0. The first-order chi connectivity index (χ1) is 8.22. The molecule has 0 aromatic carbocycles. The van der Waals surface area contributed by atoms with Crippen LogP contribution in [-0.2, 0) is 0 Å². The van der Waals surface area contributed by atoms with Gasteiger partial charge in [-0.05, 0) is 40.8 Å². The van der Waals surface area contributed by atoms with Crippen molar-refractivity contribution < 1.29 is 4.79 Å². The molecule has 17 heavy (non-hydrogen) atoms. The number of carbonyl (C=O) groups excluding carboxylic acids is 1. The summed E-state index contributed by atoms with van der Waals surface area (Å²) in [6.07, 6.45) is 1.59. The SMILES string of the molecule is N#CC(C(=O)c1csc(I)c1)c1ccccn1. The number of nitrogens with zero attached hydrogens (tertiary/aromatic N) is 2. The van der Waals surface area contributed by atoms with Crippen molar-refractivity contribution in [3.8, 4) is 6.07 Å². The van der Waals surface area contributed by atoms with Crippen molar-refractivity contribution in [1.29, 1.82) is 5.26 Å². The maximum atomic E-state index is 12.1. The number of Topliss-reactive ketones (excluding diaryl/α,β-unsaturated/α-hetero) is 1. The van der Waals surface area contributed by atoms with Crippen LogP contribution in [0, 0.1) is 14.2 Å². The molecule has 3 nitrogen and oxygen atoms in total. The maximum absolute atomic E-state index is 12.1. The van der Waals surface area contributed by atoms with Crippen molar-refractivity contribution in [2.24, 2.45) is 0 Å². The monoisotopic (exact) mass is 354 g/mol. The highest BCUT2D eigenvalue weighted by Crippen LogP contribution is 2.23. The molecule has 0 saturated heterocycles. The second-order valence-electron chi connectivity index (χ2n) is 3.32. The summed E-state index contributed by atoms with van der Waals surface area (Å²) in [7, 11) is 0. The van der Waals surface area contributed by atoms with Gasteiger partial charge < -0.3 is 0 Å². The Kier molecular flexibility index (Phi) is 3.86. The highest BCUT2D eigenvalue weighted by molar-refractivity contribution is 14.1. The zero-order chi connectivity index (χ0) is 12.3. The number of carbonyl (C=O) groups is 1. The molecule has 84 valence electrons. The lowest BCUT2D eigenvalue weighted by Gasteiger charge is -2.05. The molecule has 0 radical (unpaired) electrons. The normalized spacial score (nSPS) is 11.8. The summed E-state index contributed by atoms with van der Waals surface area (Å²) in [5.41, 5.74) is 1.08. The fourth-order valence-corrected chi connectivity index (χ4v) is 2.75. The van der Waals surface area contributed by atoms with Crippen LogP contribution >= 0.6 is 33.9 Å². The predicted octanol–water partition coefficient (Wildman–Crippen LogP) is 3.24. The minimum Gasteiger partial charge on any atom is -0.292 e. The predicted molar refractivity (Wildman–Crippen MR) is 74.0 cm³/mol. The topological polar surface area (TPSA) is 53.8 Å². The zero-order valence-electron chi connectivity index (χ0n) is 8.63. The lowest BCUT2D eigenvalue weighted by molar-refractivity contribution is 0.0978. The fraction of sp³-hybridized carbons (Fsp3) is 0.0833. The fourth-order valence-electron chi connectivity index (χ4n) is 1.41. The molecule has 1 atom stereocenters. The van der Waals surface area contributed by atoms with Crippen molar-refractivity contribution in [2.75, 3.05) is 0 Å². The first kappa shape index (κ1) is 12.2. The number of aromatic nitrogens is 1. The standard InChI is InChI=1S/C12H7IN2OS/c13-11-5-8(7-17-11)12(16)9(6-14)10-3-1-2-4-15-10/h1-5,7,9H. The van der Waals surface area contributed by atoms with E-state index >= 15 is 0 Å². The molecule has 0 N–H and O–H groups in total. The summed E-state index contributed by atoms with van der Waals surface area (Å²) in [5, 5.41) is 10.9. The number of thiophene rings is 1. The van der Waals surface area contributed by atoms with Crippen molar-refractivity contribution in [1.82, 2.24) is 4.98 Å². The molecule has 0 amide bonds. The first-order valence-corrected chi connectivity index (χ1v) is 6.77. The Morgan fingerprint density at radius 3 is 2.88 bits per heavy atom. The summed E-state index contributed by atoms with van der Waals surface area (Å²) in [5.74, 6) is -1.01. The van der Waals surface area contributed by atoms with Gasteiger partial charge in [-0.25, -0.2) is 0 Å². The van der Waals surface area contributed by atoms with Crippen LogP contribution in [0.2, 0.25) is 0 Å². The molecular formula is C12H7IN2OS. The van der Waals surface area contributed by atoms with Gasteiger partial charge in [-0.1, -0.05) is 6.07 Å². The van der Waals surface area contributed by atoms with E-state index in [2.05, 4.69) is 27.6 Å². The van der Waals surface area contributed by atoms with Crippen LogP contribution in [0.25, 0.3) is 0 Å². The molecule has 0 fully saturated rings. The van der Waals surface area contributed by atoms with Crippen LogP contribution < -0.4 is 0 Å². The van der Waals surface area contributed by atoms with Gasteiger partial charge in [-0.15, -0.1) is 11.3 Å². The van der Waals surface area contributed by atoms with Gasteiger partial charge in [0.2, 0.25) is 0 Å². The summed E-state index contributed by atoms with van der Waals surface area (Å²) in [4.78, 5) is 16.2. The zero-order valence-corrected chi connectivity index (χ0v) is 11.6. The van der Waals surface area contributed by atoms with E-state index in [-0.39, 0.29) is 5.78 Å². The molecule has 0 aliphatic carbocycles. The third-order valence-electron chi connectivity index (χ3n) is 2.23.